The highest BCUT2D eigenvalue weighted by Crippen LogP contribution is 2.32. The number of carbonyl (C=O) groups excluding carboxylic acids is 1. The zero-order valence-electron chi connectivity index (χ0n) is 17.8. The van der Waals surface area contributed by atoms with E-state index < -0.39 is 11.7 Å². The van der Waals surface area contributed by atoms with Crippen molar-refractivity contribution in [2.75, 3.05) is 31.1 Å². The van der Waals surface area contributed by atoms with Gasteiger partial charge in [-0.1, -0.05) is 12.1 Å². The van der Waals surface area contributed by atoms with Crippen molar-refractivity contribution in [3.63, 3.8) is 0 Å². The minimum atomic E-state index is -4.39. The molecule has 0 atom stereocenters. The van der Waals surface area contributed by atoms with Crippen LogP contribution in [-0.2, 0) is 6.18 Å². The average Bonchev–Trinajstić information content (AvgIpc) is 3.29. The van der Waals surface area contributed by atoms with Crippen molar-refractivity contribution in [1.29, 1.82) is 0 Å². The van der Waals surface area contributed by atoms with Crippen LogP contribution in [0, 0.1) is 0 Å². The summed E-state index contributed by atoms with van der Waals surface area (Å²) < 4.78 is 40.4. The van der Waals surface area contributed by atoms with Crippen molar-refractivity contribution < 1.29 is 18.0 Å². The Morgan fingerprint density at radius 2 is 1.66 bits per heavy atom. The number of aromatic nitrogens is 4. The third-order valence-electron chi connectivity index (χ3n) is 5.41. The van der Waals surface area contributed by atoms with Gasteiger partial charge in [0.25, 0.3) is 5.91 Å². The van der Waals surface area contributed by atoms with Crippen LogP contribution in [0.3, 0.4) is 0 Å². The molecule has 0 unspecified atom stereocenters. The van der Waals surface area contributed by atoms with Gasteiger partial charge in [-0.15, -0.1) is 0 Å². The number of rotatable bonds is 4. The van der Waals surface area contributed by atoms with Gasteiger partial charge in [0, 0.05) is 56.4 Å². The Hall–Kier alpha value is -3.43. The van der Waals surface area contributed by atoms with E-state index in [1.54, 1.807) is 28.2 Å². The Kier molecular flexibility index (Phi) is 5.86. The number of amides is 1. The van der Waals surface area contributed by atoms with Crippen LogP contribution in [0.15, 0.2) is 49.1 Å². The first-order chi connectivity index (χ1) is 15.2. The number of carbonyl (C=O) groups is 1. The number of anilines is 1. The van der Waals surface area contributed by atoms with E-state index in [0.717, 1.165) is 12.1 Å². The predicted octanol–water partition coefficient (Wildman–Crippen LogP) is 3.90. The van der Waals surface area contributed by atoms with Crippen LogP contribution in [0.4, 0.5) is 19.0 Å². The summed E-state index contributed by atoms with van der Waals surface area (Å²) in [4.78, 5) is 25.4. The van der Waals surface area contributed by atoms with Gasteiger partial charge in [-0.25, -0.2) is 4.98 Å². The van der Waals surface area contributed by atoms with Gasteiger partial charge in [-0.05, 0) is 26.0 Å². The molecule has 0 N–H and O–H groups in total. The lowest BCUT2D eigenvalue weighted by Gasteiger charge is -2.35. The summed E-state index contributed by atoms with van der Waals surface area (Å²) in [7, 11) is 0. The van der Waals surface area contributed by atoms with Crippen molar-refractivity contribution in [3.8, 4) is 11.3 Å². The second-order valence-electron chi connectivity index (χ2n) is 7.89. The van der Waals surface area contributed by atoms with Crippen LogP contribution in [0.25, 0.3) is 11.3 Å². The van der Waals surface area contributed by atoms with E-state index in [1.165, 1.54) is 18.3 Å². The smallest absolute Gasteiger partial charge is 0.351 e. The molecule has 2 aromatic heterocycles. The fourth-order valence-electron chi connectivity index (χ4n) is 3.62. The number of hydrogen-bond acceptors (Lipinski definition) is 5. The molecule has 32 heavy (non-hydrogen) atoms. The molecule has 0 radical (unpaired) electrons. The number of alkyl halides is 3. The van der Waals surface area contributed by atoms with Crippen LogP contribution in [-0.4, -0.2) is 56.7 Å². The molecule has 1 aromatic carbocycles. The van der Waals surface area contributed by atoms with Crippen molar-refractivity contribution >= 4 is 11.7 Å². The van der Waals surface area contributed by atoms with Crippen molar-refractivity contribution in [2.45, 2.75) is 26.1 Å². The molecule has 0 bridgehead atoms. The van der Waals surface area contributed by atoms with Gasteiger partial charge in [0.05, 0.1) is 17.3 Å². The maximum Gasteiger partial charge on any atom is 0.416 e. The highest BCUT2D eigenvalue weighted by atomic mass is 19.4. The molecule has 1 amide bonds. The van der Waals surface area contributed by atoms with Gasteiger partial charge >= 0.3 is 6.18 Å². The minimum absolute atomic E-state index is 0.0707. The molecule has 1 fully saturated rings. The number of nitrogens with zero attached hydrogens (tertiary/aromatic N) is 6. The number of piperazine rings is 1. The third-order valence-corrected chi connectivity index (χ3v) is 5.41. The van der Waals surface area contributed by atoms with Gasteiger partial charge in [0.1, 0.15) is 5.69 Å². The van der Waals surface area contributed by atoms with Crippen molar-refractivity contribution in [1.82, 2.24) is 24.6 Å². The van der Waals surface area contributed by atoms with Gasteiger partial charge in [-0.2, -0.15) is 18.3 Å². The summed E-state index contributed by atoms with van der Waals surface area (Å²) in [5, 5.41) is 4.23. The van der Waals surface area contributed by atoms with Gasteiger partial charge in [0.15, 0.2) is 5.82 Å². The van der Waals surface area contributed by atoms with Crippen molar-refractivity contribution in [2.24, 2.45) is 0 Å². The third kappa shape index (κ3) is 4.44. The highest BCUT2D eigenvalue weighted by molar-refractivity contribution is 5.94. The van der Waals surface area contributed by atoms with Crippen LogP contribution >= 0.6 is 0 Å². The number of halogens is 3. The molecule has 0 spiro atoms. The molecule has 1 aliphatic heterocycles. The second-order valence-corrected chi connectivity index (χ2v) is 7.89. The molecule has 1 saturated heterocycles. The molecule has 1 aliphatic rings. The number of benzene rings is 1. The topological polar surface area (TPSA) is 67.2 Å². The highest BCUT2D eigenvalue weighted by Gasteiger charge is 2.30. The zero-order chi connectivity index (χ0) is 22.9. The van der Waals surface area contributed by atoms with Gasteiger partial charge < -0.3 is 9.80 Å². The quantitative estimate of drug-likeness (QED) is 0.611. The molecule has 10 heteroatoms. The molecule has 168 valence electrons. The standard InChI is InChI=1S/C22H23F3N6O/c1-15(2)31-14-17(13-28-31)21(32)30-11-9-29(10-12-30)20-19(26-7-8-27-20)16-3-5-18(6-4-16)22(23,24)25/h3-8,13-15H,9-12H2,1-2H3. The summed E-state index contributed by atoms with van der Waals surface area (Å²) in [5.41, 5.74) is 0.914. The van der Waals surface area contributed by atoms with E-state index in [-0.39, 0.29) is 11.9 Å². The minimum Gasteiger partial charge on any atom is -0.351 e. The fourth-order valence-corrected chi connectivity index (χ4v) is 3.62. The SMILES string of the molecule is CC(C)n1cc(C(=O)N2CCN(c3nccnc3-c3ccc(C(F)(F)F)cc3)CC2)cn1. The zero-order valence-corrected chi connectivity index (χ0v) is 17.8. The first-order valence-electron chi connectivity index (χ1n) is 10.3. The molecular formula is C22H23F3N6O. The van der Waals surface area contributed by atoms with Crippen LogP contribution in [0.5, 0.6) is 0 Å². The van der Waals surface area contributed by atoms with Crippen LogP contribution < -0.4 is 4.90 Å². The first-order valence-corrected chi connectivity index (χ1v) is 10.3. The second kappa shape index (κ2) is 8.60. The maximum atomic E-state index is 12.9. The van der Waals surface area contributed by atoms with E-state index in [2.05, 4.69) is 15.1 Å². The van der Waals surface area contributed by atoms with Crippen LogP contribution in [0.2, 0.25) is 0 Å². The van der Waals surface area contributed by atoms with E-state index in [4.69, 9.17) is 0 Å². The number of hydrogen-bond donors (Lipinski definition) is 0. The summed E-state index contributed by atoms with van der Waals surface area (Å²) in [6.45, 7) is 6.06. The summed E-state index contributed by atoms with van der Waals surface area (Å²) in [5.74, 6) is 0.519. The summed E-state index contributed by atoms with van der Waals surface area (Å²) >= 11 is 0. The maximum absolute atomic E-state index is 12.9. The predicted molar refractivity (Wildman–Crippen MR) is 113 cm³/mol. The molecule has 3 aromatic rings. The Labute approximate surface area is 183 Å². The Morgan fingerprint density at radius 3 is 2.25 bits per heavy atom. The lowest BCUT2D eigenvalue weighted by atomic mass is 10.1. The normalized spacial score (nSPS) is 14.8. The first kappa shape index (κ1) is 21.8. The molecule has 4 rings (SSSR count). The molecular weight excluding hydrogens is 421 g/mol. The van der Waals surface area contributed by atoms with E-state index in [1.807, 2.05) is 18.7 Å². The monoisotopic (exact) mass is 444 g/mol. The Balaban J connectivity index is 1.48. The van der Waals surface area contributed by atoms with Gasteiger partial charge in [0.2, 0.25) is 0 Å². The van der Waals surface area contributed by atoms with E-state index in [0.29, 0.717) is 48.8 Å². The Bertz CT molecular complexity index is 1090. The molecule has 0 saturated carbocycles. The molecule has 3 heterocycles. The lowest BCUT2D eigenvalue weighted by Crippen LogP contribution is -2.49. The molecule has 7 nitrogen and oxygen atoms in total. The van der Waals surface area contributed by atoms with Crippen molar-refractivity contribution in [3.05, 3.63) is 60.2 Å². The lowest BCUT2D eigenvalue weighted by molar-refractivity contribution is -0.137. The van der Waals surface area contributed by atoms with E-state index >= 15 is 0 Å². The fraction of sp³-hybridized carbons (Fsp3) is 0.364. The Morgan fingerprint density at radius 1 is 1.00 bits per heavy atom. The van der Waals surface area contributed by atoms with Gasteiger partial charge in [-0.3, -0.25) is 14.5 Å². The van der Waals surface area contributed by atoms with E-state index in [9.17, 15) is 18.0 Å². The largest absolute Gasteiger partial charge is 0.416 e. The van der Waals surface area contributed by atoms with Crippen LogP contribution in [0.1, 0.15) is 35.8 Å². The molecule has 0 aliphatic carbocycles. The summed E-state index contributed by atoms with van der Waals surface area (Å²) in [6, 6.07) is 5.07. The average molecular weight is 444 g/mol. The summed E-state index contributed by atoms with van der Waals surface area (Å²) in [6.07, 6.45) is 2.02.